The number of rotatable bonds is 4. The molecule has 4 rings (SSSR count). The third kappa shape index (κ3) is 3.95. The van der Waals surface area contributed by atoms with Crippen molar-refractivity contribution in [1.29, 1.82) is 0 Å². The Balaban J connectivity index is 0.00000121. The maximum absolute atomic E-state index is 4.16. The molecule has 1 N–H and O–H groups in total. The third-order valence-electron chi connectivity index (χ3n) is 6.30. The SMILES string of the molecule is C[Si](C)(NC1CCCCC1)C1C=C(N2CCCC2)c2ccccc21.[H-].[Li+]. The van der Waals surface area contributed by atoms with Gasteiger partial charge >= 0.3 is 18.9 Å². The van der Waals surface area contributed by atoms with Crippen LogP contribution in [-0.4, -0.2) is 32.3 Å². The molecule has 1 aromatic rings. The molecule has 4 heteroatoms. The van der Waals surface area contributed by atoms with Crippen molar-refractivity contribution in [2.24, 2.45) is 0 Å². The van der Waals surface area contributed by atoms with E-state index in [2.05, 4.69) is 53.3 Å². The van der Waals surface area contributed by atoms with Gasteiger partial charge in [0.15, 0.2) is 0 Å². The van der Waals surface area contributed by atoms with Gasteiger partial charge in [-0.1, -0.05) is 62.7 Å². The van der Waals surface area contributed by atoms with Crippen LogP contribution in [0.15, 0.2) is 30.3 Å². The van der Waals surface area contributed by atoms with Crippen molar-refractivity contribution in [1.82, 2.24) is 9.88 Å². The van der Waals surface area contributed by atoms with Gasteiger partial charge in [0, 0.05) is 35.9 Å². The molecule has 0 radical (unpaired) electrons. The van der Waals surface area contributed by atoms with Gasteiger partial charge < -0.3 is 11.3 Å². The molecule has 2 nitrogen and oxygen atoms in total. The largest absolute Gasteiger partial charge is 1.00 e. The number of nitrogens with zero attached hydrogens (tertiary/aromatic N) is 1. The summed E-state index contributed by atoms with van der Waals surface area (Å²) in [6.45, 7) is 7.58. The van der Waals surface area contributed by atoms with Gasteiger partial charge in [0.2, 0.25) is 0 Å². The maximum atomic E-state index is 4.16. The summed E-state index contributed by atoms with van der Waals surface area (Å²) >= 11 is 0. The van der Waals surface area contributed by atoms with Crippen molar-refractivity contribution in [2.45, 2.75) is 69.6 Å². The zero-order chi connectivity index (χ0) is 16.6. The van der Waals surface area contributed by atoms with E-state index < -0.39 is 8.24 Å². The molecular weight excluding hydrogens is 315 g/mol. The second-order valence-electron chi connectivity index (χ2n) is 8.51. The molecule has 2 aliphatic carbocycles. The van der Waals surface area contributed by atoms with Gasteiger partial charge in [0.05, 0.1) is 0 Å². The van der Waals surface area contributed by atoms with Crippen LogP contribution in [0.1, 0.15) is 63.0 Å². The average molecular weight is 349 g/mol. The summed E-state index contributed by atoms with van der Waals surface area (Å²) in [6, 6.07) is 9.95. The monoisotopic (exact) mass is 348 g/mol. The number of likely N-dealkylation sites (tertiary alicyclic amines) is 1. The molecule has 1 unspecified atom stereocenters. The van der Waals surface area contributed by atoms with Gasteiger partial charge in [-0.15, -0.1) is 0 Å². The van der Waals surface area contributed by atoms with Crippen LogP contribution >= 0.6 is 0 Å². The molecule has 1 saturated heterocycles. The second kappa shape index (κ2) is 8.05. The van der Waals surface area contributed by atoms with Crippen molar-refractivity contribution in [3.05, 3.63) is 41.5 Å². The van der Waals surface area contributed by atoms with E-state index in [1.165, 1.54) is 69.3 Å². The zero-order valence-electron chi connectivity index (χ0n) is 17.4. The van der Waals surface area contributed by atoms with Crippen molar-refractivity contribution in [2.75, 3.05) is 13.1 Å². The van der Waals surface area contributed by atoms with Crippen LogP contribution < -0.4 is 23.8 Å². The van der Waals surface area contributed by atoms with Crippen LogP contribution in [0.5, 0.6) is 0 Å². The van der Waals surface area contributed by atoms with Crippen molar-refractivity contribution in [3.63, 3.8) is 0 Å². The summed E-state index contributed by atoms with van der Waals surface area (Å²) in [5.41, 5.74) is 5.24. The quantitative estimate of drug-likeness (QED) is 0.838. The fraction of sp³-hybridized carbons (Fsp3) is 0.619. The van der Waals surface area contributed by atoms with Gasteiger partial charge in [-0.05, 0) is 31.2 Å². The van der Waals surface area contributed by atoms with E-state index >= 15 is 0 Å². The molecule has 1 aliphatic heterocycles. The minimum absolute atomic E-state index is 0. The Labute approximate surface area is 168 Å². The van der Waals surface area contributed by atoms with Crippen LogP contribution in [-0.2, 0) is 0 Å². The van der Waals surface area contributed by atoms with Crippen molar-refractivity contribution >= 4 is 13.9 Å². The molecule has 0 amide bonds. The van der Waals surface area contributed by atoms with Gasteiger partial charge in [-0.3, -0.25) is 0 Å². The fourth-order valence-corrected chi connectivity index (χ4v) is 8.16. The predicted molar refractivity (Wildman–Crippen MR) is 107 cm³/mol. The first-order valence-corrected chi connectivity index (χ1v) is 13.1. The van der Waals surface area contributed by atoms with Crippen molar-refractivity contribution in [3.8, 4) is 0 Å². The first kappa shape index (κ1) is 19.3. The van der Waals surface area contributed by atoms with E-state index in [-0.39, 0.29) is 20.3 Å². The average Bonchev–Trinajstić information content (AvgIpc) is 3.23. The first-order chi connectivity index (χ1) is 11.6. The van der Waals surface area contributed by atoms with Crippen LogP contribution in [0.4, 0.5) is 0 Å². The van der Waals surface area contributed by atoms with E-state index in [1.807, 2.05) is 0 Å². The summed E-state index contributed by atoms with van der Waals surface area (Å²) < 4.78 is 0. The van der Waals surface area contributed by atoms with Gasteiger partial charge in [-0.25, -0.2) is 0 Å². The number of benzene rings is 1. The molecule has 3 aliphatic rings. The summed E-state index contributed by atoms with van der Waals surface area (Å²) in [6.07, 6.45) is 12.4. The topological polar surface area (TPSA) is 15.3 Å². The summed E-state index contributed by atoms with van der Waals surface area (Å²) in [5, 5.41) is 0. The molecule has 25 heavy (non-hydrogen) atoms. The van der Waals surface area contributed by atoms with Gasteiger partial charge in [-0.2, -0.15) is 0 Å². The molecular formula is C21H33LiN2Si. The van der Waals surface area contributed by atoms with Gasteiger partial charge in [0.25, 0.3) is 0 Å². The van der Waals surface area contributed by atoms with Crippen LogP contribution in [0, 0.1) is 0 Å². The van der Waals surface area contributed by atoms with E-state index in [0.29, 0.717) is 5.54 Å². The molecule has 132 valence electrons. The smallest absolute Gasteiger partial charge is 1.00 e. The van der Waals surface area contributed by atoms with Crippen molar-refractivity contribution < 1.29 is 20.3 Å². The Bertz CT molecular complexity index is 622. The number of hydrogen-bond acceptors (Lipinski definition) is 2. The summed E-state index contributed by atoms with van der Waals surface area (Å²) in [5.74, 6) is 0. The van der Waals surface area contributed by atoms with E-state index in [0.717, 1.165) is 6.04 Å². The predicted octanol–water partition coefficient (Wildman–Crippen LogP) is 2.00. The Kier molecular flexibility index (Phi) is 6.21. The second-order valence-corrected chi connectivity index (χ2v) is 12.9. The zero-order valence-corrected chi connectivity index (χ0v) is 17.4. The number of hydrogen-bond donors (Lipinski definition) is 1. The molecule has 1 saturated carbocycles. The Morgan fingerprint density at radius 1 is 1.00 bits per heavy atom. The summed E-state index contributed by atoms with van der Waals surface area (Å²) in [4.78, 5) is 6.79. The van der Waals surface area contributed by atoms with Gasteiger partial charge in [0.1, 0.15) is 8.24 Å². The van der Waals surface area contributed by atoms with Crippen LogP contribution in [0.3, 0.4) is 0 Å². The Hall–Kier alpha value is -0.466. The van der Waals surface area contributed by atoms with Crippen LogP contribution in [0.25, 0.3) is 5.70 Å². The fourth-order valence-electron chi connectivity index (χ4n) is 5.03. The maximum Gasteiger partial charge on any atom is 1.00 e. The van der Waals surface area contributed by atoms with Crippen LogP contribution in [0.2, 0.25) is 13.1 Å². The molecule has 1 aromatic carbocycles. The molecule has 1 atom stereocenters. The molecule has 0 bridgehead atoms. The normalized spacial score (nSPS) is 24.0. The Morgan fingerprint density at radius 3 is 2.40 bits per heavy atom. The number of fused-ring (bicyclic) bond motifs is 1. The minimum atomic E-state index is -1.55. The molecule has 0 aromatic heterocycles. The standard InChI is InChI=1S/C21H32N2Si.Li.H/c1-24(2,22-17-10-4-3-5-11-17)21-16-20(23-14-8-9-15-23)18-12-6-7-13-19(18)21;;/h6-7,12-13,16-17,21-22H,3-5,8-11,14-15H2,1-2H3;;/q;+1;-1. The summed E-state index contributed by atoms with van der Waals surface area (Å²) in [7, 11) is -1.55. The van der Waals surface area contributed by atoms with E-state index in [4.69, 9.17) is 0 Å². The molecule has 1 heterocycles. The third-order valence-corrected chi connectivity index (χ3v) is 9.49. The number of nitrogens with one attached hydrogen (secondary N) is 1. The number of allylic oxidation sites excluding steroid dienone is 1. The molecule has 2 fully saturated rings. The first-order valence-electron chi connectivity index (χ1n) is 9.99. The minimum Gasteiger partial charge on any atom is -1.00 e. The van der Waals surface area contributed by atoms with E-state index in [1.54, 1.807) is 5.56 Å². The Morgan fingerprint density at radius 2 is 1.68 bits per heavy atom. The van der Waals surface area contributed by atoms with E-state index in [9.17, 15) is 0 Å². The molecule has 0 spiro atoms.